The second-order valence-electron chi connectivity index (χ2n) is 3.87. The summed E-state index contributed by atoms with van der Waals surface area (Å²) in [5.41, 5.74) is 1.88. The Hall–Kier alpha value is -1.97. The molecule has 2 aromatic rings. The van der Waals surface area contributed by atoms with Crippen LogP contribution in [0.25, 0.3) is 5.95 Å². The monoisotopic (exact) mass is 213 g/mol. The molecule has 1 aliphatic carbocycles. The van der Waals surface area contributed by atoms with Crippen molar-refractivity contribution in [3.63, 3.8) is 0 Å². The minimum atomic E-state index is 0.232. The van der Waals surface area contributed by atoms with Crippen molar-refractivity contribution in [2.45, 2.75) is 19.3 Å². The van der Waals surface area contributed by atoms with Gasteiger partial charge in [-0.1, -0.05) is 0 Å². The Bertz CT molecular complexity index is 530. The van der Waals surface area contributed by atoms with Crippen molar-refractivity contribution in [1.29, 1.82) is 0 Å². The lowest BCUT2D eigenvalue weighted by atomic mass is 9.97. The molecule has 0 radical (unpaired) electrons. The lowest BCUT2D eigenvalue weighted by molar-refractivity contribution is 0.0972. The smallest absolute Gasteiger partial charge is 0.233 e. The maximum absolute atomic E-state index is 11.7. The number of carbonyl (C=O) groups excluding carboxylic acids is 1. The Morgan fingerprint density at radius 3 is 2.81 bits per heavy atom. The molecule has 2 heterocycles. The summed E-state index contributed by atoms with van der Waals surface area (Å²) in [6.45, 7) is 0. The van der Waals surface area contributed by atoms with Crippen molar-refractivity contribution in [2.75, 3.05) is 0 Å². The summed E-state index contributed by atoms with van der Waals surface area (Å²) in [6.07, 6.45) is 7.80. The predicted octanol–water partition coefficient (Wildman–Crippen LogP) is 1.79. The van der Waals surface area contributed by atoms with Crippen LogP contribution in [0, 0.1) is 0 Å². The summed E-state index contributed by atoms with van der Waals surface area (Å²) < 4.78 is 1.91. The van der Waals surface area contributed by atoms with Gasteiger partial charge < -0.3 is 0 Å². The van der Waals surface area contributed by atoms with Crippen molar-refractivity contribution in [2.24, 2.45) is 0 Å². The first-order valence-electron chi connectivity index (χ1n) is 5.37. The molecular weight excluding hydrogens is 202 g/mol. The van der Waals surface area contributed by atoms with Crippen LogP contribution in [0.4, 0.5) is 0 Å². The van der Waals surface area contributed by atoms with Crippen LogP contribution in [-0.4, -0.2) is 20.3 Å². The molecule has 2 aromatic heterocycles. The van der Waals surface area contributed by atoms with Gasteiger partial charge in [0.1, 0.15) is 0 Å². The van der Waals surface area contributed by atoms with E-state index in [-0.39, 0.29) is 5.78 Å². The van der Waals surface area contributed by atoms with Gasteiger partial charge in [0.15, 0.2) is 5.78 Å². The average Bonchev–Trinajstić information content (AvgIpc) is 2.75. The molecule has 3 rings (SSSR count). The second kappa shape index (κ2) is 3.56. The summed E-state index contributed by atoms with van der Waals surface area (Å²) in [5, 5.41) is 0. The van der Waals surface area contributed by atoms with Gasteiger partial charge in [0.05, 0.1) is 0 Å². The molecule has 16 heavy (non-hydrogen) atoms. The van der Waals surface area contributed by atoms with Gasteiger partial charge in [0.2, 0.25) is 5.95 Å². The van der Waals surface area contributed by atoms with Gasteiger partial charge >= 0.3 is 0 Å². The van der Waals surface area contributed by atoms with Gasteiger partial charge in [0, 0.05) is 36.3 Å². The Labute approximate surface area is 93.0 Å². The predicted molar refractivity (Wildman–Crippen MR) is 58.6 cm³/mol. The third-order valence-corrected chi connectivity index (χ3v) is 2.88. The number of fused-ring (bicyclic) bond motifs is 1. The minimum Gasteiger partial charge on any atom is -0.294 e. The molecule has 4 nitrogen and oxygen atoms in total. The highest BCUT2D eigenvalue weighted by molar-refractivity contribution is 5.98. The molecule has 80 valence electrons. The van der Waals surface area contributed by atoms with Gasteiger partial charge in [-0.3, -0.25) is 9.36 Å². The Kier molecular flexibility index (Phi) is 2.06. The number of hydrogen-bond donors (Lipinski definition) is 0. The van der Waals surface area contributed by atoms with E-state index in [4.69, 9.17) is 0 Å². The lowest BCUT2D eigenvalue weighted by Crippen LogP contribution is -2.13. The summed E-state index contributed by atoms with van der Waals surface area (Å²) in [4.78, 5) is 20.1. The van der Waals surface area contributed by atoms with Gasteiger partial charge in [0.25, 0.3) is 0 Å². The number of carbonyl (C=O) groups is 1. The molecule has 4 heteroatoms. The molecule has 0 N–H and O–H groups in total. The second-order valence-corrected chi connectivity index (χ2v) is 3.87. The largest absolute Gasteiger partial charge is 0.294 e. The van der Waals surface area contributed by atoms with Crippen LogP contribution >= 0.6 is 0 Å². The molecule has 0 aliphatic heterocycles. The third kappa shape index (κ3) is 1.34. The van der Waals surface area contributed by atoms with E-state index in [1.807, 2.05) is 16.8 Å². The van der Waals surface area contributed by atoms with E-state index >= 15 is 0 Å². The highest BCUT2D eigenvalue weighted by Crippen LogP contribution is 2.23. The van der Waals surface area contributed by atoms with Gasteiger partial charge in [-0.15, -0.1) is 0 Å². The lowest BCUT2D eigenvalue weighted by Gasteiger charge is -2.13. The Balaban J connectivity index is 2.13. The first-order valence-corrected chi connectivity index (χ1v) is 5.37. The molecule has 0 fully saturated rings. The quantitative estimate of drug-likeness (QED) is 0.725. The third-order valence-electron chi connectivity index (χ3n) is 2.88. The van der Waals surface area contributed by atoms with Crippen LogP contribution in [0.5, 0.6) is 0 Å². The highest BCUT2D eigenvalue weighted by Gasteiger charge is 2.21. The van der Waals surface area contributed by atoms with Crippen LogP contribution in [0.3, 0.4) is 0 Å². The molecule has 1 aliphatic rings. The molecular formula is C12H11N3O. The zero-order chi connectivity index (χ0) is 11.0. The van der Waals surface area contributed by atoms with E-state index in [1.54, 1.807) is 18.5 Å². The highest BCUT2D eigenvalue weighted by atomic mass is 16.1. The fourth-order valence-corrected chi connectivity index (χ4v) is 2.13. The summed E-state index contributed by atoms with van der Waals surface area (Å²) in [5.74, 6) is 0.870. The average molecular weight is 213 g/mol. The molecule has 0 amide bonds. The number of Topliss-reactive ketones (excluding diaryl/α,β-unsaturated/α-hetero) is 1. The van der Waals surface area contributed by atoms with Crippen molar-refractivity contribution in [3.8, 4) is 5.95 Å². The number of aromatic nitrogens is 3. The van der Waals surface area contributed by atoms with Gasteiger partial charge in [-0.25, -0.2) is 9.97 Å². The molecule has 0 saturated heterocycles. The Morgan fingerprint density at radius 2 is 2.00 bits per heavy atom. The van der Waals surface area contributed by atoms with E-state index in [0.29, 0.717) is 12.4 Å². The fraction of sp³-hybridized carbons (Fsp3) is 0.250. The van der Waals surface area contributed by atoms with Crippen LogP contribution in [0.2, 0.25) is 0 Å². The Morgan fingerprint density at radius 1 is 1.19 bits per heavy atom. The maximum Gasteiger partial charge on any atom is 0.233 e. The summed E-state index contributed by atoms with van der Waals surface area (Å²) in [6, 6.07) is 3.65. The standard InChI is InChI=1S/C12H11N3O/c16-11-4-1-3-10-9(11)5-8-15(10)12-13-6-2-7-14-12/h2,5-8H,1,3-4H2. The van der Waals surface area contributed by atoms with E-state index < -0.39 is 0 Å². The molecule has 0 aromatic carbocycles. The van der Waals surface area contributed by atoms with Crippen molar-refractivity contribution >= 4 is 5.78 Å². The number of ketones is 1. The van der Waals surface area contributed by atoms with Crippen LogP contribution in [0.1, 0.15) is 28.9 Å². The topological polar surface area (TPSA) is 47.8 Å². The maximum atomic E-state index is 11.7. The molecule has 0 saturated carbocycles. The van der Waals surface area contributed by atoms with Crippen molar-refractivity contribution in [3.05, 3.63) is 42.0 Å². The fourth-order valence-electron chi connectivity index (χ4n) is 2.13. The SMILES string of the molecule is O=C1CCCc2c1ccn2-c1ncccn1. The van der Waals surface area contributed by atoms with Crippen LogP contribution in [-0.2, 0) is 6.42 Å². The zero-order valence-corrected chi connectivity index (χ0v) is 8.76. The van der Waals surface area contributed by atoms with Crippen LogP contribution in [0.15, 0.2) is 30.7 Å². The zero-order valence-electron chi connectivity index (χ0n) is 8.76. The van der Waals surface area contributed by atoms with Crippen LogP contribution < -0.4 is 0 Å². The number of nitrogens with zero attached hydrogens (tertiary/aromatic N) is 3. The summed E-state index contributed by atoms with van der Waals surface area (Å²) >= 11 is 0. The first kappa shape index (κ1) is 9.27. The normalized spacial score (nSPS) is 14.9. The van der Waals surface area contributed by atoms with E-state index in [2.05, 4.69) is 9.97 Å². The molecule has 0 unspecified atom stereocenters. The van der Waals surface area contributed by atoms with Crippen molar-refractivity contribution in [1.82, 2.24) is 14.5 Å². The minimum absolute atomic E-state index is 0.232. The summed E-state index contributed by atoms with van der Waals surface area (Å²) in [7, 11) is 0. The van der Waals surface area contributed by atoms with E-state index in [1.165, 1.54) is 0 Å². The van der Waals surface area contributed by atoms with Crippen molar-refractivity contribution < 1.29 is 4.79 Å². The van der Waals surface area contributed by atoms with E-state index in [0.717, 1.165) is 24.1 Å². The molecule has 0 bridgehead atoms. The number of rotatable bonds is 1. The van der Waals surface area contributed by atoms with E-state index in [9.17, 15) is 4.79 Å². The van der Waals surface area contributed by atoms with Gasteiger partial charge in [-0.05, 0) is 25.0 Å². The van der Waals surface area contributed by atoms with Gasteiger partial charge in [-0.2, -0.15) is 0 Å². The molecule has 0 spiro atoms. The number of hydrogen-bond acceptors (Lipinski definition) is 3. The first-order chi connectivity index (χ1) is 7.86. The molecule has 0 atom stereocenters.